The highest BCUT2D eigenvalue weighted by Crippen LogP contribution is 2.44. The van der Waals surface area contributed by atoms with Crippen molar-refractivity contribution in [2.45, 2.75) is 89.5 Å². The van der Waals surface area contributed by atoms with Gasteiger partial charge in [-0.3, -0.25) is 9.59 Å². The molecule has 0 aromatic carbocycles. The smallest absolute Gasteiger partial charge is 0.289 e. The van der Waals surface area contributed by atoms with Crippen LogP contribution < -0.4 is 10.6 Å². The number of rotatable bonds is 3. The summed E-state index contributed by atoms with van der Waals surface area (Å²) in [6.45, 7) is 6.57. The van der Waals surface area contributed by atoms with Crippen LogP contribution in [0.1, 0.15) is 75.8 Å². The van der Waals surface area contributed by atoms with E-state index >= 15 is 0 Å². The summed E-state index contributed by atoms with van der Waals surface area (Å²) in [4.78, 5) is 30.0. The minimum absolute atomic E-state index is 0.0252. The van der Waals surface area contributed by atoms with Crippen LogP contribution in [0.2, 0.25) is 0 Å². The average molecular weight is 457 g/mol. The summed E-state index contributed by atoms with van der Waals surface area (Å²) in [5, 5.41) is 7.40. The number of carbonyl (C=O) groups is 2. The lowest BCUT2D eigenvalue weighted by atomic mass is 9.67. The molecule has 33 heavy (non-hydrogen) atoms. The van der Waals surface area contributed by atoms with E-state index in [2.05, 4.69) is 22.5 Å². The molecule has 0 radical (unpaired) electrons. The van der Waals surface area contributed by atoms with E-state index in [1.165, 1.54) is 32.1 Å². The molecule has 3 heterocycles. The third kappa shape index (κ3) is 4.59. The normalized spacial score (nSPS) is 35.8. The van der Waals surface area contributed by atoms with E-state index in [4.69, 9.17) is 4.42 Å². The zero-order valence-electron chi connectivity index (χ0n) is 20.2. The van der Waals surface area contributed by atoms with E-state index in [1.54, 1.807) is 25.3 Å². The van der Waals surface area contributed by atoms with Crippen LogP contribution in [-0.2, 0) is 4.79 Å². The summed E-state index contributed by atoms with van der Waals surface area (Å²) in [6.07, 6.45) is 11.5. The van der Waals surface area contributed by atoms with Gasteiger partial charge in [0, 0.05) is 19.5 Å². The van der Waals surface area contributed by atoms with Gasteiger partial charge < -0.3 is 24.9 Å². The summed E-state index contributed by atoms with van der Waals surface area (Å²) in [7, 11) is 0. The van der Waals surface area contributed by atoms with Gasteiger partial charge in [0.05, 0.1) is 24.5 Å². The molecule has 5 rings (SSSR count). The lowest BCUT2D eigenvalue weighted by Gasteiger charge is -2.55. The van der Waals surface area contributed by atoms with Crippen molar-refractivity contribution in [3.8, 4) is 0 Å². The fourth-order valence-electron chi connectivity index (χ4n) is 7.41. The van der Waals surface area contributed by atoms with Gasteiger partial charge in [-0.1, -0.05) is 12.8 Å². The van der Waals surface area contributed by atoms with Crippen molar-refractivity contribution in [3.63, 3.8) is 0 Å². The van der Waals surface area contributed by atoms with Crippen molar-refractivity contribution < 1.29 is 14.0 Å². The van der Waals surface area contributed by atoms with Crippen LogP contribution >= 0.6 is 0 Å². The highest BCUT2D eigenvalue weighted by molar-refractivity contribution is 5.92. The van der Waals surface area contributed by atoms with Crippen LogP contribution in [0.15, 0.2) is 22.8 Å². The van der Waals surface area contributed by atoms with Crippen LogP contribution in [0, 0.1) is 17.8 Å². The van der Waals surface area contributed by atoms with Gasteiger partial charge in [-0.25, -0.2) is 0 Å². The summed E-state index contributed by atoms with van der Waals surface area (Å²) in [5.74, 6) is 2.54. The molecule has 2 N–H and O–H groups in total. The van der Waals surface area contributed by atoms with Gasteiger partial charge in [-0.2, -0.15) is 0 Å². The first kappa shape index (κ1) is 22.9. The maximum Gasteiger partial charge on any atom is 0.289 e. The second-order valence-electron chi connectivity index (χ2n) is 10.8. The summed E-state index contributed by atoms with van der Waals surface area (Å²) >= 11 is 0. The number of hydrogen-bond donors (Lipinski definition) is 2. The molecule has 2 aliphatic carbocycles. The van der Waals surface area contributed by atoms with Crippen LogP contribution in [0.25, 0.3) is 0 Å². The molecular formula is C26H40N4O3. The molecule has 0 bridgehead atoms. The molecule has 1 aromatic heterocycles. The number of nitrogens with one attached hydrogen (secondary N) is 2. The van der Waals surface area contributed by atoms with E-state index in [1.807, 2.05) is 4.90 Å². The lowest BCUT2D eigenvalue weighted by Crippen LogP contribution is -2.67. The van der Waals surface area contributed by atoms with E-state index in [0.717, 1.165) is 32.4 Å². The molecule has 7 nitrogen and oxygen atoms in total. The predicted molar refractivity (Wildman–Crippen MR) is 127 cm³/mol. The van der Waals surface area contributed by atoms with Crippen molar-refractivity contribution in [3.05, 3.63) is 24.2 Å². The van der Waals surface area contributed by atoms with Crippen LogP contribution in [0.3, 0.4) is 0 Å². The van der Waals surface area contributed by atoms with Gasteiger partial charge >= 0.3 is 0 Å². The van der Waals surface area contributed by atoms with Crippen molar-refractivity contribution in [1.29, 1.82) is 0 Å². The fraction of sp³-hybridized carbons (Fsp3) is 0.769. The summed E-state index contributed by atoms with van der Waals surface area (Å²) in [5.41, 5.74) is 0. The molecule has 7 heteroatoms. The van der Waals surface area contributed by atoms with Gasteiger partial charge in [0.2, 0.25) is 5.91 Å². The van der Waals surface area contributed by atoms with Gasteiger partial charge in [-0.15, -0.1) is 0 Å². The Labute approximate surface area is 197 Å². The third-order valence-corrected chi connectivity index (χ3v) is 8.85. The molecule has 4 fully saturated rings. The van der Waals surface area contributed by atoms with E-state index in [-0.39, 0.29) is 29.9 Å². The zero-order chi connectivity index (χ0) is 22.9. The van der Waals surface area contributed by atoms with E-state index in [0.29, 0.717) is 36.2 Å². The van der Waals surface area contributed by atoms with Gasteiger partial charge in [0.1, 0.15) is 0 Å². The van der Waals surface area contributed by atoms with Gasteiger partial charge in [-0.05, 0) is 88.4 Å². The van der Waals surface area contributed by atoms with Crippen LogP contribution in [0.5, 0.6) is 0 Å². The molecular weight excluding hydrogens is 416 g/mol. The minimum atomic E-state index is -0.0252. The number of amides is 2. The summed E-state index contributed by atoms with van der Waals surface area (Å²) in [6, 6.07) is 3.76. The Hall–Kier alpha value is -1.86. The number of piperazine rings is 1. The second-order valence-corrected chi connectivity index (χ2v) is 10.8. The Morgan fingerprint density at radius 1 is 0.970 bits per heavy atom. The Kier molecular flexibility index (Phi) is 6.79. The van der Waals surface area contributed by atoms with E-state index < -0.39 is 0 Å². The topological polar surface area (TPSA) is 77.8 Å². The van der Waals surface area contributed by atoms with Crippen LogP contribution in [0.4, 0.5) is 0 Å². The molecule has 2 aliphatic heterocycles. The molecule has 6 atom stereocenters. The molecule has 2 saturated heterocycles. The highest BCUT2D eigenvalue weighted by Gasteiger charge is 2.48. The maximum absolute atomic E-state index is 13.4. The van der Waals surface area contributed by atoms with Gasteiger partial charge in [0.15, 0.2) is 5.76 Å². The second kappa shape index (κ2) is 9.79. The molecule has 2 saturated carbocycles. The molecule has 0 spiro atoms. The molecule has 1 aromatic rings. The fourth-order valence-corrected chi connectivity index (χ4v) is 7.41. The standard InChI is InChI=1S/C26H40N4O3/c1-17-16-29(26(32)24-8-4-13-33-24)23-15-20(9-10-22(23)30(17)18(2)31)19-6-3-7-21(14-19)25-27-11-5-12-28-25/h4,8,13,17,19-23,25,27-28H,3,5-7,9-12,14-16H2,1-2H3/t17-,19?,20?,21?,22?,23?/m0/s1. The molecule has 182 valence electrons. The molecule has 2 amide bonds. The SMILES string of the molecule is CC(=O)N1C2CCC(C3CCCC(C4NCCCN4)C3)CC2N(C(=O)c2ccco2)C[C@@H]1C. The highest BCUT2D eigenvalue weighted by atomic mass is 16.3. The Bertz CT molecular complexity index is 822. The Balaban J connectivity index is 1.33. The minimum Gasteiger partial charge on any atom is -0.459 e. The first-order valence-electron chi connectivity index (χ1n) is 13.1. The largest absolute Gasteiger partial charge is 0.459 e. The molecule has 5 unspecified atom stereocenters. The first-order chi connectivity index (χ1) is 16.0. The summed E-state index contributed by atoms with van der Waals surface area (Å²) < 4.78 is 5.48. The number of carbonyl (C=O) groups excluding carboxylic acids is 2. The number of fused-ring (bicyclic) bond motifs is 1. The van der Waals surface area contributed by atoms with Crippen molar-refractivity contribution >= 4 is 11.8 Å². The molecule has 4 aliphatic rings. The predicted octanol–water partition coefficient (Wildman–Crippen LogP) is 3.23. The van der Waals surface area contributed by atoms with Gasteiger partial charge in [0.25, 0.3) is 5.91 Å². The van der Waals surface area contributed by atoms with E-state index in [9.17, 15) is 9.59 Å². The zero-order valence-corrected chi connectivity index (χ0v) is 20.2. The number of hydrogen-bond acceptors (Lipinski definition) is 5. The number of nitrogens with zero attached hydrogens (tertiary/aromatic N) is 2. The first-order valence-corrected chi connectivity index (χ1v) is 13.1. The average Bonchev–Trinajstić information content (AvgIpc) is 3.38. The Morgan fingerprint density at radius 3 is 2.45 bits per heavy atom. The lowest BCUT2D eigenvalue weighted by molar-refractivity contribution is -0.142. The number of furan rings is 1. The Morgan fingerprint density at radius 2 is 1.73 bits per heavy atom. The van der Waals surface area contributed by atoms with Crippen molar-refractivity contribution in [2.75, 3.05) is 19.6 Å². The van der Waals surface area contributed by atoms with Crippen molar-refractivity contribution in [1.82, 2.24) is 20.4 Å². The maximum atomic E-state index is 13.4. The third-order valence-electron chi connectivity index (χ3n) is 8.85. The monoisotopic (exact) mass is 456 g/mol. The van der Waals surface area contributed by atoms with Crippen LogP contribution in [-0.4, -0.2) is 65.5 Å². The van der Waals surface area contributed by atoms with Crippen molar-refractivity contribution in [2.24, 2.45) is 17.8 Å². The quantitative estimate of drug-likeness (QED) is 0.730.